The molecule has 1 fully saturated rings. The van der Waals surface area contributed by atoms with Crippen LogP contribution < -0.4 is 0 Å². The van der Waals surface area contributed by atoms with E-state index in [2.05, 4.69) is 14.9 Å². The molecule has 0 aliphatic carbocycles. The fraction of sp³-hybridized carbons (Fsp3) is 0.368. The number of fused-ring (bicyclic) bond motifs is 1. The maximum atomic E-state index is 12.9. The van der Waals surface area contributed by atoms with E-state index in [-0.39, 0.29) is 0 Å². The van der Waals surface area contributed by atoms with Gasteiger partial charge in [0.1, 0.15) is 0 Å². The SMILES string of the molecule is FC(F)(F)c1cccc(CN2CCN(Cn3nc4ccccn4c3=S)CC2)c1. The number of pyridine rings is 1. The highest BCUT2D eigenvalue weighted by Crippen LogP contribution is 2.29. The Hall–Kier alpha value is -2.23. The van der Waals surface area contributed by atoms with Crippen LogP contribution in [0.2, 0.25) is 0 Å². The van der Waals surface area contributed by atoms with Crippen LogP contribution in [0.1, 0.15) is 11.1 Å². The van der Waals surface area contributed by atoms with Crippen molar-refractivity contribution in [2.45, 2.75) is 19.4 Å². The minimum absolute atomic E-state index is 0.519. The van der Waals surface area contributed by atoms with Crippen molar-refractivity contribution in [2.24, 2.45) is 0 Å². The Bertz CT molecular complexity index is 1020. The molecule has 1 aromatic carbocycles. The first kappa shape index (κ1) is 19.1. The molecule has 0 saturated carbocycles. The predicted octanol–water partition coefficient (Wildman–Crippen LogP) is 3.66. The smallest absolute Gasteiger partial charge is 0.297 e. The minimum Gasteiger partial charge on any atom is -0.297 e. The molecule has 1 aliphatic heterocycles. The molecule has 3 heterocycles. The molecule has 3 aromatic rings. The van der Waals surface area contributed by atoms with Crippen molar-refractivity contribution in [1.82, 2.24) is 24.0 Å². The Kier molecular flexibility index (Phi) is 5.22. The van der Waals surface area contributed by atoms with Gasteiger partial charge in [0.15, 0.2) is 5.65 Å². The fourth-order valence-electron chi connectivity index (χ4n) is 3.44. The molecular formula is C19H20F3N5S. The van der Waals surface area contributed by atoms with E-state index < -0.39 is 11.7 Å². The van der Waals surface area contributed by atoms with Gasteiger partial charge in [0.05, 0.1) is 12.2 Å². The van der Waals surface area contributed by atoms with Gasteiger partial charge in [0, 0.05) is 38.9 Å². The van der Waals surface area contributed by atoms with E-state index in [0.29, 0.717) is 23.5 Å². The van der Waals surface area contributed by atoms with Gasteiger partial charge in [-0.1, -0.05) is 24.3 Å². The number of piperazine rings is 1. The molecule has 28 heavy (non-hydrogen) atoms. The normalized spacial score (nSPS) is 16.7. The number of alkyl halides is 3. The predicted molar refractivity (Wildman–Crippen MR) is 102 cm³/mol. The van der Waals surface area contributed by atoms with E-state index in [4.69, 9.17) is 12.2 Å². The van der Waals surface area contributed by atoms with Gasteiger partial charge in [-0.2, -0.15) is 18.3 Å². The fourth-order valence-corrected chi connectivity index (χ4v) is 3.70. The molecule has 0 radical (unpaired) electrons. The van der Waals surface area contributed by atoms with Crippen molar-refractivity contribution in [2.75, 3.05) is 26.2 Å². The van der Waals surface area contributed by atoms with Crippen LogP contribution in [0.5, 0.6) is 0 Å². The molecule has 9 heteroatoms. The monoisotopic (exact) mass is 407 g/mol. The van der Waals surface area contributed by atoms with Crippen LogP contribution in [0.25, 0.3) is 5.65 Å². The molecule has 0 unspecified atom stereocenters. The summed E-state index contributed by atoms with van der Waals surface area (Å²) in [7, 11) is 0. The summed E-state index contributed by atoms with van der Waals surface area (Å²) in [4.78, 5) is 4.43. The maximum absolute atomic E-state index is 12.9. The van der Waals surface area contributed by atoms with Crippen LogP contribution in [-0.2, 0) is 19.4 Å². The Morgan fingerprint density at radius 3 is 2.43 bits per heavy atom. The summed E-state index contributed by atoms with van der Waals surface area (Å²) in [6.45, 7) is 4.33. The van der Waals surface area contributed by atoms with Crippen molar-refractivity contribution in [3.8, 4) is 0 Å². The summed E-state index contributed by atoms with van der Waals surface area (Å²) in [5, 5.41) is 4.54. The number of benzene rings is 1. The molecule has 0 spiro atoms. The van der Waals surface area contributed by atoms with E-state index in [1.165, 1.54) is 12.1 Å². The summed E-state index contributed by atoms with van der Waals surface area (Å²) in [5.41, 5.74) is 0.909. The average molecular weight is 407 g/mol. The second-order valence-corrected chi connectivity index (χ2v) is 7.31. The Morgan fingerprint density at radius 1 is 0.964 bits per heavy atom. The number of rotatable bonds is 4. The topological polar surface area (TPSA) is 28.7 Å². The molecular weight excluding hydrogens is 387 g/mol. The summed E-state index contributed by atoms with van der Waals surface area (Å²) in [5.74, 6) is 0. The first-order valence-corrected chi connectivity index (χ1v) is 9.46. The van der Waals surface area contributed by atoms with E-state index in [0.717, 1.165) is 37.9 Å². The highest BCUT2D eigenvalue weighted by molar-refractivity contribution is 7.71. The van der Waals surface area contributed by atoms with Crippen LogP contribution in [0.4, 0.5) is 13.2 Å². The molecule has 4 rings (SSSR count). The van der Waals surface area contributed by atoms with Crippen molar-refractivity contribution in [1.29, 1.82) is 0 Å². The first-order chi connectivity index (χ1) is 13.4. The summed E-state index contributed by atoms with van der Waals surface area (Å²) < 4.78 is 43.0. The lowest BCUT2D eigenvalue weighted by atomic mass is 10.1. The zero-order chi connectivity index (χ0) is 19.7. The number of hydrogen-bond acceptors (Lipinski definition) is 4. The largest absolute Gasteiger partial charge is 0.416 e. The third-order valence-electron chi connectivity index (χ3n) is 4.95. The van der Waals surface area contributed by atoms with Crippen LogP contribution in [0.3, 0.4) is 0 Å². The zero-order valence-corrected chi connectivity index (χ0v) is 16.0. The van der Waals surface area contributed by atoms with Crippen molar-refractivity contribution < 1.29 is 13.2 Å². The molecule has 1 aliphatic rings. The Morgan fingerprint density at radius 2 is 1.71 bits per heavy atom. The third kappa shape index (κ3) is 4.11. The van der Waals surface area contributed by atoms with E-state index >= 15 is 0 Å². The lowest BCUT2D eigenvalue weighted by molar-refractivity contribution is -0.137. The van der Waals surface area contributed by atoms with Crippen molar-refractivity contribution in [3.05, 3.63) is 64.6 Å². The van der Waals surface area contributed by atoms with Crippen LogP contribution in [-0.4, -0.2) is 50.2 Å². The third-order valence-corrected chi connectivity index (χ3v) is 5.36. The first-order valence-electron chi connectivity index (χ1n) is 9.05. The van der Waals surface area contributed by atoms with Gasteiger partial charge in [-0.15, -0.1) is 0 Å². The van der Waals surface area contributed by atoms with Crippen LogP contribution in [0, 0.1) is 4.77 Å². The molecule has 5 nitrogen and oxygen atoms in total. The number of aromatic nitrogens is 3. The molecule has 0 bridgehead atoms. The van der Waals surface area contributed by atoms with E-state index in [1.807, 2.05) is 33.5 Å². The van der Waals surface area contributed by atoms with Crippen molar-refractivity contribution in [3.63, 3.8) is 0 Å². The summed E-state index contributed by atoms with van der Waals surface area (Å²) >= 11 is 5.48. The standard InChI is InChI=1S/C19H20F3N5S/c20-19(21,22)16-5-3-4-15(12-16)13-24-8-10-25(11-9-24)14-27-18(28)26-7-2-1-6-17(26)23-27/h1-7,12H,8-11,13-14H2. The second kappa shape index (κ2) is 7.65. The minimum atomic E-state index is -4.30. The quantitative estimate of drug-likeness (QED) is 0.618. The lowest BCUT2D eigenvalue weighted by Crippen LogP contribution is -2.46. The molecule has 148 valence electrons. The summed E-state index contributed by atoms with van der Waals surface area (Å²) in [6.07, 6.45) is -2.41. The number of halogens is 3. The van der Waals surface area contributed by atoms with Crippen molar-refractivity contribution >= 4 is 17.9 Å². The maximum Gasteiger partial charge on any atom is 0.416 e. The Balaban J connectivity index is 1.36. The van der Waals surface area contributed by atoms with Gasteiger partial charge in [-0.05, 0) is 36.0 Å². The van der Waals surface area contributed by atoms with Crippen LogP contribution in [0.15, 0.2) is 48.7 Å². The highest BCUT2D eigenvalue weighted by atomic mass is 32.1. The molecule has 1 saturated heterocycles. The van der Waals surface area contributed by atoms with Gasteiger partial charge in [-0.25, -0.2) is 4.68 Å². The molecule has 0 N–H and O–H groups in total. The second-order valence-electron chi connectivity index (χ2n) is 6.94. The Labute approximate surface area is 165 Å². The van der Waals surface area contributed by atoms with E-state index in [9.17, 15) is 13.2 Å². The molecule has 0 atom stereocenters. The van der Waals surface area contributed by atoms with Gasteiger partial charge in [-0.3, -0.25) is 14.2 Å². The van der Waals surface area contributed by atoms with Gasteiger partial charge >= 0.3 is 6.18 Å². The van der Waals surface area contributed by atoms with Crippen LogP contribution >= 0.6 is 12.2 Å². The molecule has 0 amide bonds. The van der Waals surface area contributed by atoms with E-state index in [1.54, 1.807) is 6.07 Å². The lowest BCUT2D eigenvalue weighted by Gasteiger charge is -2.34. The van der Waals surface area contributed by atoms with Gasteiger partial charge in [0.2, 0.25) is 4.77 Å². The number of nitrogens with zero attached hydrogens (tertiary/aromatic N) is 5. The summed E-state index contributed by atoms with van der Waals surface area (Å²) in [6, 6.07) is 11.3. The highest BCUT2D eigenvalue weighted by Gasteiger charge is 2.30. The molecule has 2 aromatic heterocycles. The van der Waals surface area contributed by atoms with Gasteiger partial charge < -0.3 is 0 Å². The van der Waals surface area contributed by atoms with Gasteiger partial charge in [0.25, 0.3) is 0 Å². The number of hydrogen-bond donors (Lipinski definition) is 0. The average Bonchev–Trinajstić information content (AvgIpc) is 2.99. The zero-order valence-electron chi connectivity index (χ0n) is 15.1.